The highest BCUT2D eigenvalue weighted by Gasteiger charge is 2.03. The molecule has 0 N–H and O–H groups in total. The Balaban J connectivity index is 1.97. The summed E-state index contributed by atoms with van der Waals surface area (Å²) in [5.41, 5.74) is 3.30. The van der Waals surface area contributed by atoms with Gasteiger partial charge in [0.15, 0.2) is 5.15 Å². The number of hydrogen-bond acceptors (Lipinski definition) is 2. The molecular weight excluding hydrogens is 291 g/mol. The average Bonchev–Trinajstić information content (AvgIpc) is 2.47. The first kappa shape index (κ1) is 13.1. The summed E-state index contributed by atoms with van der Waals surface area (Å²) in [6.45, 7) is 0. The van der Waals surface area contributed by atoms with Crippen LogP contribution in [0.1, 0.15) is 11.3 Å². The Labute approximate surface area is 126 Å². The fraction of sp³-hybridized carbons (Fsp3) is 0. The summed E-state index contributed by atoms with van der Waals surface area (Å²) in [5, 5.41) is 1.11. The fourth-order valence-electron chi connectivity index (χ4n) is 1.85. The van der Waals surface area contributed by atoms with Crippen LogP contribution in [0.2, 0.25) is 10.2 Å². The van der Waals surface area contributed by atoms with Gasteiger partial charge in [-0.15, -0.1) is 0 Å². The van der Waals surface area contributed by atoms with Gasteiger partial charge in [-0.1, -0.05) is 53.5 Å². The number of fused-ring (bicyclic) bond motifs is 1. The van der Waals surface area contributed by atoms with Crippen LogP contribution in [0.15, 0.2) is 48.5 Å². The zero-order chi connectivity index (χ0) is 13.9. The molecule has 0 bridgehead atoms. The largest absolute Gasteiger partial charge is 0.244 e. The highest BCUT2D eigenvalue weighted by Crippen LogP contribution is 2.19. The molecule has 0 aliphatic heterocycles. The van der Waals surface area contributed by atoms with E-state index in [0.717, 1.165) is 16.6 Å². The molecule has 3 aromatic rings. The topological polar surface area (TPSA) is 25.8 Å². The Kier molecular flexibility index (Phi) is 3.68. The highest BCUT2D eigenvalue weighted by atomic mass is 35.5. The summed E-state index contributed by atoms with van der Waals surface area (Å²) in [5.74, 6) is 0. The zero-order valence-electron chi connectivity index (χ0n) is 10.4. The molecule has 3 rings (SSSR count). The van der Waals surface area contributed by atoms with Crippen LogP contribution in [0, 0.1) is 0 Å². The highest BCUT2D eigenvalue weighted by molar-refractivity contribution is 6.31. The molecule has 1 aromatic heterocycles. The lowest BCUT2D eigenvalue weighted by Gasteiger charge is -2.01. The molecule has 2 nitrogen and oxygen atoms in total. The van der Waals surface area contributed by atoms with Crippen LogP contribution in [0.5, 0.6) is 0 Å². The molecular formula is C16H10Cl2N2. The van der Waals surface area contributed by atoms with Gasteiger partial charge in [-0.3, -0.25) is 0 Å². The zero-order valence-corrected chi connectivity index (χ0v) is 11.9. The lowest BCUT2D eigenvalue weighted by atomic mass is 10.2. The minimum absolute atomic E-state index is 0.397. The molecule has 0 aliphatic carbocycles. The van der Waals surface area contributed by atoms with Crippen molar-refractivity contribution in [1.29, 1.82) is 0 Å². The van der Waals surface area contributed by atoms with E-state index in [1.54, 1.807) is 0 Å². The van der Waals surface area contributed by atoms with E-state index < -0.39 is 0 Å². The van der Waals surface area contributed by atoms with E-state index in [1.807, 2.05) is 60.7 Å². The van der Waals surface area contributed by atoms with Crippen LogP contribution in [0.4, 0.5) is 0 Å². The fourth-order valence-corrected chi connectivity index (χ4v) is 2.17. The molecule has 0 fully saturated rings. The monoisotopic (exact) mass is 300 g/mol. The van der Waals surface area contributed by atoms with Gasteiger partial charge in [0.2, 0.25) is 0 Å². The molecule has 0 saturated carbocycles. The van der Waals surface area contributed by atoms with Gasteiger partial charge >= 0.3 is 0 Å². The van der Waals surface area contributed by atoms with Crippen LogP contribution < -0.4 is 0 Å². The number of nitrogens with zero attached hydrogens (tertiary/aromatic N) is 2. The van der Waals surface area contributed by atoms with Crippen molar-refractivity contribution in [3.63, 3.8) is 0 Å². The molecule has 0 aliphatic rings. The van der Waals surface area contributed by atoms with E-state index in [1.165, 1.54) is 0 Å². The molecule has 0 amide bonds. The average molecular weight is 301 g/mol. The standard InChI is InChI=1S/C16H10Cl2N2/c17-12-8-5-11(6-9-12)7-10-15-16(18)20-14-4-2-1-3-13(14)19-15/h1-10H/b10-7+. The molecule has 0 spiro atoms. The van der Waals surface area contributed by atoms with Gasteiger partial charge in [0, 0.05) is 5.02 Å². The molecule has 0 radical (unpaired) electrons. The molecule has 4 heteroatoms. The Morgan fingerprint density at radius 1 is 0.750 bits per heavy atom. The van der Waals surface area contributed by atoms with Gasteiger partial charge in [0.05, 0.1) is 11.0 Å². The number of aromatic nitrogens is 2. The quantitative estimate of drug-likeness (QED) is 0.657. The Bertz CT molecular complexity index is 780. The smallest absolute Gasteiger partial charge is 0.155 e. The third-order valence-corrected chi connectivity index (χ3v) is 3.39. The van der Waals surface area contributed by atoms with Crippen molar-refractivity contribution in [2.75, 3.05) is 0 Å². The summed E-state index contributed by atoms with van der Waals surface area (Å²) in [7, 11) is 0. The summed E-state index contributed by atoms with van der Waals surface area (Å²) in [6, 6.07) is 15.2. The number of para-hydroxylation sites is 2. The summed E-state index contributed by atoms with van der Waals surface area (Å²) >= 11 is 12.0. The van der Waals surface area contributed by atoms with E-state index in [2.05, 4.69) is 9.97 Å². The van der Waals surface area contributed by atoms with Crippen molar-refractivity contribution in [3.8, 4) is 0 Å². The van der Waals surface area contributed by atoms with Crippen molar-refractivity contribution in [2.24, 2.45) is 0 Å². The molecule has 98 valence electrons. The maximum atomic E-state index is 6.15. The van der Waals surface area contributed by atoms with Crippen molar-refractivity contribution >= 4 is 46.4 Å². The normalized spacial score (nSPS) is 11.3. The Morgan fingerprint density at radius 2 is 1.40 bits per heavy atom. The lowest BCUT2D eigenvalue weighted by Crippen LogP contribution is -1.89. The first-order valence-electron chi connectivity index (χ1n) is 6.08. The van der Waals surface area contributed by atoms with E-state index in [0.29, 0.717) is 15.9 Å². The van der Waals surface area contributed by atoms with Crippen molar-refractivity contribution in [3.05, 3.63) is 70.0 Å². The van der Waals surface area contributed by atoms with Crippen LogP contribution >= 0.6 is 23.2 Å². The summed E-state index contributed by atoms with van der Waals surface area (Å²) < 4.78 is 0. The maximum Gasteiger partial charge on any atom is 0.155 e. The first-order valence-corrected chi connectivity index (χ1v) is 6.84. The van der Waals surface area contributed by atoms with E-state index >= 15 is 0 Å². The molecule has 0 saturated heterocycles. The second-order valence-electron chi connectivity index (χ2n) is 4.27. The molecule has 20 heavy (non-hydrogen) atoms. The molecule has 1 heterocycles. The lowest BCUT2D eigenvalue weighted by molar-refractivity contribution is 1.27. The van der Waals surface area contributed by atoms with Crippen LogP contribution in [-0.2, 0) is 0 Å². The van der Waals surface area contributed by atoms with E-state index in [-0.39, 0.29) is 0 Å². The van der Waals surface area contributed by atoms with Crippen LogP contribution in [-0.4, -0.2) is 9.97 Å². The minimum Gasteiger partial charge on any atom is -0.244 e. The number of benzene rings is 2. The van der Waals surface area contributed by atoms with Crippen molar-refractivity contribution in [2.45, 2.75) is 0 Å². The van der Waals surface area contributed by atoms with Crippen molar-refractivity contribution in [1.82, 2.24) is 9.97 Å². The SMILES string of the molecule is Clc1ccc(/C=C/c2nc3ccccc3nc2Cl)cc1. The minimum atomic E-state index is 0.397. The number of halogens is 2. The predicted molar refractivity (Wildman–Crippen MR) is 84.9 cm³/mol. The second kappa shape index (κ2) is 5.61. The summed E-state index contributed by atoms with van der Waals surface area (Å²) in [4.78, 5) is 8.83. The maximum absolute atomic E-state index is 6.15. The van der Waals surface area contributed by atoms with Crippen LogP contribution in [0.25, 0.3) is 23.2 Å². The van der Waals surface area contributed by atoms with E-state index in [4.69, 9.17) is 23.2 Å². The molecule has 0 unspecified atom stereocenters. The van der Waals surface area contributed by atoms with E-state index in [9.17, 15) is 0 Å². The molecule has 0 atom stereocenters. The van der Waals surface area contributed by atoms with Crippen LogP contribution in [0.3, 0.4) is 0 Å². The first-order chi connectivity index (χ1) is 9.72. The van der Waals surface area contributed by atoms with Gasteiger partial charge in [0.1, 0.15) is 5.69 Å². The van der Waals surface area contributed by atoms with Gasteiger partial charge in [-0.25, -0.2) is 9.97 Å². The number of hydrogen-bond donors (Lipinski definition) is 0. The number of rotatable bonds is 2. The molecule has 2 aromatic carbocycles. The van der Waals surface area contributed by atoms with Gasteiger partial charge in [-0.05, 0) is 35.9 Å². The van der Waals surface area contributed by atoms with Gasteiger partial charge in [-0.2, -0.15) is 0 Å². The second-order valence-corrected chi connectivity index (χ2v) is 5.07. The predicted octanol–water partition coefficient (Wildman–Crippen LogP) is 5.11. The Hall–Kier alpha value is -1.90. The van der Waals surface area contributed by atoms with Gasteiger partial charge in [0.25, 0.3) is 0 Å². The Morgan fingerprint density at radius 3 is 2.10 bits per heavy atom. The summed E-state index contributed by atoms with van der Waals surface area (Å²) in [6.07, 6.45) is 3.78. The third-order valence-electron chi connectivity index (χ3n) is 2.86. The van der Waals surface area contributed by atoms with Crippen molar-refractivity contribution < 1.29 is 0 Å². The van der Waals surface area contributed by atoms with Gasteiger partial charge < -0.3 is 0 Å². The third kappa shape index (κ3) is 2.82.